The minimum atomic E-state index is -0.184. The van der Waals surface area contributed by atoms with Gasteiger partial charge in [-0.1, -0.05) is 18.2 Å². The number of amides is 2. The zero-order valence-electron chi connectivity index (χ0n) is 20.4. The number of ether oxygens (including phenoxy) is 1. The summed E-state index contributed by atoms with van der Waals surface area (Å²) in [6.45, 7) is 4.38. The first-order valence-corrected chi connectivity index (χ1v) is 13.4. The van der Waals surface area contributed by atoms with Crippen LogP contribution in [0.15, 0.2) is 41.8 Å². The van der Waals surface area contributed by atoms with E-state index in [0.717, 1.165) is 76.0 Å². The van der Waals surface area contributed by atoms with Crippen molar-refractivity contribution in [3.63, 3.8) is 0 Å². The van der Waals surface area contributed by atoms with Crippen LogP contribution in [0, 0.1) is 11.3 Å². The van der Waals surface area contributed by atoms with Gasteiger partial charge in [0.25, 0.3) is 0 Å². The minimum Gasteiger partial charge on any atom is -0.497 e. The molecule has 1 spiro atoms. The molecule has 1 saturated carbocycles. The highest BCUT2D eigenvalue weighted by molar-refractivity contribution is 7.10. The van der Waals surface area contributed by atoms with E-state index in [0.29, 0.717) is 12.5 Å². The highest BCUT2D eigenvalue weighted by Crippen LogP contribution is 2.42. The molecule has 2 amide bonds. The largest absolute Gasteiger partial charge is 0.497 e. The number of methoxy groups -OCH3 is 1. The lowest BCUT2D eigenvalue weighted by atomic mass is 9.77. The number of halogens is 1. The first-order valence-electron chi connectivity index (χ1n) is 12.5. The zero-order valence-corrected chi connectivity index (χ0v) is 22.0. The summed E-state index contributed by atoms with van der Waals surface area (Å²) in [4.78, 5) is 31.5. The molecule has 6 nitrogen and oxygen atoms in total. The molecule has 8 heteroatoms. The molecule has 0 bridgehead atoms. The van der Waals surface area contributed by atoms with Gasteiger partial charge in [-0.15, -0.1) is 23.7 Å². The van der Waals surface area contributed by atoms with Crippen LogP contribution >= 0.6 is 23.7 Å². The molecule has 1 atom stereocenters. The lowest BCUT2D eigenvalue weighted by Crippen LogP contribution is -2.45. The Balaban J connectivity index is 0.00000289. The van der Waals surface area contributed by atoms with Gasteiger partial charge in [-0.2, -0.15) is 0 Å². The molecule has 2 aromatic rings. The average Bonchev–Trinajstić information content (AvgIpc) is 3.51. The molecular weight excluding hydrogens is 482 g/mol. The summed E-state index contributed by atoms with van der Waals surface area (Å²) >= 11 is 1.72. The van der Waals surface area contributed by atoms with Crippen molar-refractivity contribution >= 4 is 35.6 Å². The van der Waals surface area contributed by atoms with E-state index in [1.807, 2.05) is 29.2 Å². The van der Waals surface area contributed by atoms with Crippen molar-refractivity contribution in [2.24, 2.45) is 11.3 Å². The highest BCUT2D eigenvalue weighted by Gasteiger charge is 2.47. The Labute approximate surface area is 218 Å². The molecule has 1 N–H and O–H groups in total. The van der Waals surface area contributed by atoms with Gasteiger partial charge < -0.3 is 19.9 Å². The molecule has 0 radical (unpaired) electrons. The predicted molar refractivity (Wildman–Crippen MR) is 141 cm³/mol. The molecule has 2 aliphatic heterocycles. The maximum absolute atomic E-state index is 13.4. The first kappa shape index (κ1) is 26.0. The number of rotatable bonds is 9. The molecule has 1 aromatic heterocycles. The SMILES string of the molecule is COc1ccc(CN2CCC3(CCN(CC[C@H](NC(=O)C4CC4)c4cccs4)CC3)C2=O)cc1.Cl. The lowest BCUT2D eigenvalue weighted by molar-refractivity contribution is -0.139. The van der Waals surface area contributed by atoms with Gasteiger partial charge in [-0.05, 0) is 80.8 Å². The van der Waals surface area contributed by atoms with Gasteiger partial charge in [0, 0.05) is 30.4 Å². The number of nitrogens with zero attached hydrogens (tertiary/aromatic N) is 2. The Morgan fingerprint density at radius 1 is 1.14 bits per heavy atom. The van der Waals surface area contributed by atoms with Gasteiger partial charge in [-0.25, -0.2) is 0 Å². The average molecular weight is 518 g/mol. The summed E-state index contributed by atoms with van der Waals surface area (Å²) in [5.74, 6) is 1.61. The summed E-state index contributed by atoms with van der Waals surface area (Å²) in [6.07, 6.45) is 5.81. The van der Waals surface area contributed by atoms with E-state index in [1.54, 1.807) is 18.4 Å². The van der Waals surface area contributed by atoms with E-state index >= 15 is 0 Å². The number of carbonyl (C=O) groups is 2. The van der Waals surface area contributed by atoms with Crippen molar-refractivity contribution in [2.45, 2.75) is 51.1 Å². The third-order valence-corrected chi connectivity index (χ3v) is 8.82. The van der Waals surface area contributed by atoms with Crippen molar-refractivity contribution in [2.75, 3.05) is 33.3 Å². The molecule has 3 fully saturated rings. The van der Waals surface area contributed by atoms with Gasteiger partial charge in [0.1, 0.15) is 5.75 Å². The Hall–Kier alpha value is -2.09. The smallest absolute Gasteiger partial charge is 0.229 e. The maximum atomic E-state index is 13.4. The van der Waals surface area contributed by atoms with Crippen LogP contribution in [-0.2, 0) is 16.1 Å². The third kappa shape index (κ3) is 6.01. The number of piperidine rings is 1. The number of nitrogens with one attached hydrogen (secondary N) is 1. The fraction of sp³-hybridized carbons (Fsp3) is 0.556. The van der Waals surface area contributed by atoms with Crippen LogP contribution in [-0.4, -0.2) is 54.9 Å². The van der Waals surface area contributed by atoms with Crippen LogP contribution in [0.2, 0.25) is 0 Å². The van der Waals surface area contributed by atoms with Gasteiger partial charge in [0.15, 0.2) is 0 Å². The Morgan fingerprint density at radius 2 is 1.86 bits per heavy atom. The topological polar surface area (TPSA) is 61.9 Å². The molecule has 2 saturated heterocycles. The summed E-state index contributed by atoms with van der Waals surface area (Å²) in [6, 6.07) is 12.3. The first-order chi connectivity index (χ1) is 16.6. The Morgan fingerprint density at radius 3 is 2.49 bits per heavy atom. The van der Waals surface area contributed by atoms with Crippen molar-refractivity contribution in [3.05, 3.63) is 52.2 Å². The number of thiophene rings is 1. The van der Waals surface area contributed by atoms with Gasteiger partial charge in [0.05, 0.1) is 18.6 Å². The monoisotopic (exact) mass is 517 g/mol. The Bertz CT molecular complexity index is 986. The van der Waals surface area contributed by atoms with E-state index in [1.165, 1.54) is 4.88 Å². The quantitative estimate of drug-likeness (QED) is 0.526. The number of likely N-dealkylation sites (tertiary alicyclic amines) is 2. The molecule has 5 rings (SSSR count). The fourth-order valence-corrected chi connectivity index (χ4v) is 6.20. The minimum absolute atomic E-state index is 0. The Kier molecular flexibility index (Phi) is 8.40. The molecule has 190 valence electrons. The molecular formula is C27H36ClN3O3S. The standard InChI is InChI=1S/C27H35N3O3S.ClH/c1-33-22-8-4-20(5-9-22)19-30-17-13-27(26(30)32)11-15-29(16-12-27)14-10-23(24-3-2-18-34-24)28-25(31)21-6-7-21;/h2-5,8-9,18,21,23H,6-7,10-17,19H2,1H3,(H,28,31);1H/t23-;/m0./s1. The van der Waals surface area contributed by atoms with Crippen LogP contribution in [0.5, 0.6) is 5.75 Å². The molecule has 3 aliphatic rings. The zero-order chi connectivity index (χ0) is 23.5. The second kappa shape index (κ2) is 11.3. The van der Waals surface area contributed by atoms with E-state index in [4.69, 9.17) is 4.74 Å². The number of benzene rings is 1. The van der Waals surface area contributed by atoms with Crippen molar-refractivity contribution in [1.82, 2.24) is 15.1 Å². The summed E-state index contributed by atoms with van der Waals surface area (Å²) in [5.41, 5.74) is 0.965. The van der Waals surface area contributed by atoms with Crippen molar-refractivity contribution in [3.8, 4) is 5.75 Å². The van der Waals surface area contributed by atoms with Crippen molar-refractivity contribution < 1.29 is 14.3 Å². The highest BCUT2D eigenvalue weighted by atomic mass is 35.5. The van der Waals surface area contributed by atoms with E-state index in [-0.39, 0.29) is 35.7 Å². The predicted octanol–water partition coefficient (Wildman–Crippen LogP) is 4.65. The van der Waals surface area contributed by atoms with Crippen LogP contribution in [0.1, 0.15) is 55.0 Å². The lowest BCUT2D eigenvalue weighted by Gasteiger charge is -2.38. The molecule has 35 heavy (non-hydrogen) atoms. The molecule has 3 heterocycles. The third-order valence-electron chi connectivity index (χ3n) is 7.83. The molecule has 0 unspecified atom stereocenters. The number of carbonyl (C=O) groups excluding carboxylic acids is 2. The van der Waals surface area contributed by atoms with Gasteiger partial charge in [-0.3, -0.25) is 9.59 Å². The van der Waals surface area contributed by atoms with Crippen molar-refractivity contribution in [1.29, 1.82) is 0 Å². The second-order valence-electron chi connectivity index (χ2n) is 10.1. The second-order valence-corrected chi connectivity index (χ2v) is 11.1. The summed E-state index contributed by atoms with van der Waals surface area (Å²) < 4.78 is 5.24. The summed E-state index contributed by atoms with van der Waals surface area (Å²) in [5, 5.41) is 5.37. The number of hydrogen-bond donors (Lipinski definition) is 1. The van der Waals surface area contributed by atoms with E-state index < -0.39 is 0 Å². The van der Waals surface area contributed by atoms with E-state index in [2.05, 4.69) is 27.7 Å². The molecule has 1 aromatic carbocycles. The van der Waals surface area contributed by atoms with Crippen LogP contribution < -0.4 is 10.1 Å². The number of hydrogen-bond acceptors (Lipinski definition) is 5. The fourth-order valence-electron chi connectivity index (χ4n) is 5.39. The summed E-state index contributed by atoms with van der Waals surface area (Å²) in [7, 11) is 1.67. The maximum Gasteiger partial charge on any atom is 0.229 e. The van der Waals surface area contributed by atoms with Gasteiger partial charge >= 0.3 is 0 Å². The van der Waals surface area contributed by atoms with Crippen LogP contribution in [0.4, 0.5) is 0 Å². The molecule has 1 aliphatic carbocycles. The van der Waals surface area contributed by atoms with Gasteiger partial charge in [0.2, 0.25) is 11.8 Å². The normalized spacial score (nSPS) is 20.5. The van der Waals surface area contributed by atoms with Crippen LogP contribution in [0.25, 0.3) is 0 Å². The van der Waals surface area contributed by atoms with Crippen LogP contribution in [0.3, 0.4) is 0 Å². The van der Waals surface area contributed by atoms with E-state index in [9.17, 15) is 9.59 Å².